The first-order valence-corrected chi connectivity index (χ1v) is 11.0. The van der Waals surface area contributed by atoms with Crippen LogP contribution >= 0.6 is 0 Å². The Bertz CT molecular complexity index is 1530. The third kappa shape index (κ3) is 4.22. The lowest BCUT2D eigenvalue weighted by Gasteiger charge is -2.19. The quantitative estimate of drug-likeness (QED) is 0.371. The Morgan fingerprint density at radius 2 is 1.75 bits per heavy atom. The molecular weight excluding hydrogens is 477 g/mol. The predicted octanol–water partition coefficient (Wildman–Crippen LogP) is 5.67. The van der Waals surface area contributed by atoms with Gasteiger partial charge in [0.2, 0.25) is 5.95 Å². The van der Waals surface area contributed by atoms with Crippen LogP contribution in [0.3, 0.4) is 0 Å². The average Bonchev–Trinajstić information content (AvgIpc) is 3.28. The van der Waals surface area contributed by atoms with Crippen LogP contribution in [0, 0.1) is 23.0 Å². The summed E-state index contributed by atoms with van der Waals surface area (Å²) in [6, 6.07) is 12.6. The van der Waals surface area contributed by atoms with Crippen molar-refractivity contribution in [2.24, 2.45) is 5.73 Å². The third-order valence-corrected chi connectivity index (χ3v) is 6.16. The molecule has 36 heavy (non-hydrogen) atoms. The van der Waals surface area contributed by atoms with Gasteiger partial charge in [-0.15, -0.1) is 0 Å². The lowest BCUT2D eigenvalue weighted by molar-refractivity contribution is -0.137. The van der Waals surface area contributed by atoms with Gasteiger partial charge in [0.05, 0.1) is 22.3 Å². The van der Waals surface area contributed by atoms with Crippen molar-refractivity contribution in [2.45, 2.75) is 18.6 Å². The standard InChI is InChI=1S/C26H18F5N5/c27-20-3-1-2-19(26(29,30)31)23(20)14-6-7-22-18(10-14)24(15-4-5-16(12-32)21(28)11-15)35-25(34-22)36-9-8-17(33)13-36/h1-7,10-11,17H,8-9,13,33H2. The molecule has 0 saturated carbocycles. The molecule has 5 nitrogen and oxygen atoms in total. The number of aromatic nitrogens is 2. The van der Waals surface area contributed by atoms with E-state index in [1.165, 1.54) is 30.3 Å². The molecule has 0 amide bonds. The van der Waals surface area contributed by atoms with E-state index >= 15 is 0 Å². The highest BCUT2D eigenvalue weighted by Gasteiger charge is 2.35. The SMILES string of the molecule is N#Cc1ccc(-c2nc(N3CCC(N)C3)nc3ccc(-c4c(F)cccc4C(F)(F)F)cc23)cc1F. The molecule has 0 radical (unpaired) electrons. The molecule has 1 fully saturated rings. The predicted molar refractivity (Wildman–Crippen MR) is 125 cm³/mol. The van der Waals surface area contributed by atoms with Crippen LogP contribution in [0.15, 0.2) is 54.6 Å². The van der Waals surface area contributed by atoms with Gasteiger partial charge in [-0.25, -0.2) is 18.7 Å². The molecule has 10 heteroatoms. The van der Waals surface area contributed by atoms with Crippen molar-refractivity contribution in [3.63, 3.8) is 0 Å². The highest BCUT2D eigenvalue weighted by molar-refractivity contribution is 5.96. The fourth-order valence-corrected chi connectivity index (χ4v) is 4.41. The maximum Gasteiger partial charge on any atom is 0.417 e. The molecule has 1 aliphatic rings. The largest absolute Gasteiger partial charge is 0.417 e. The van der Waals surface area contributed by atoms with Crippen LogP contribution in [0.2, 0.25) is 0 Å². The first kappa shape index (κ1) is 23.6. The van der Waals surface area contributed by atoms with Crippen molar-refractivity contribution in [1.29, 1.82) is 5.26 Å². The summed E-state index contributed by atoms with van der Waals surface area (Å²) in [4.78, 5) is 11.0. The molecule has 5 rings (SSSR count). The summed E-state index contributed by atoms with van der Waals surface area (Å²) in [5.74, 6) is -1.46. The molecule has 1 aromatic heterocycles. The molecule has 1 aliphatic heterocycles. The van der Waals surface area contributed by atoms with Gasteiger partial charge < -0.3 is 10.6 Å². The smallest absolute Gasteiger partial charge is 0.339 e. The van der Waals surface area contributed by atoms with E-state index in [4.69, 9.17) is 11.0 Å². The van der Waals surface area contributed by atoms with Crippen molar-refractivity contribution < 1.29 is 22.0 Å². The number of fused-ring (bicyclic) bond motifs is 1. The van der Waals surface area contributed by atoms with Gasteiger partial charge in [-0.2, -0.15) is 18.4 Å². The van der Waals surface area contributed by atoms with Gasteiger partial charge >= 0.3 is 6.18 Å². The number of anilines is 1. The summed E-state index contributed by atoms with van der Waals surface area (Å²) in [6.45, 7) is 1.12. The summed E-state index contributed by atoms with van der Waals surface area (Å²) >= 11 is 0. The molecule has 3 aromatic carbocycles. The maximum atomic E-state index is 14.7. The van der Waals surface area contributed by atoms with Crippen molar-refractivity contribution in [3.05, 3.63) is 77.4 Å². The van der Waals surface area contributed by atoms with Crippen molar-refractivity contribution in [3.8, 4) is 28.5 Å². The monoisotopic (exact) mass is 495 g/mol. The molecule has 1 saturated heterocycles. The van der Waals surface area contributed by atoms with Gasteiger partial charge in [0.1, 0.15) is 17.7 Å². The molecule has 0 spiro atoms. The van der Waals surface area contributed by atoms with E-state index in [0.29, 0.717) is 35.5 Å². The van der Waals surface area contributed by atoms with E-state index in [2.05, 4.69) is 9.97 Å². The summed E-state index contributed by atoms with van der Waals surface area (Å²) in [5, 5.41) is 9.39. The van der Waals surface area contributed by atoms with Gasteiger partial charge in [0.25, 0.3) is 0 Å². The molecule has 2 N–H and O–H groups in total. The first-order valence-electron chi connectivity index (χ1n) is 11.0. The lowest BCUT2D eigenvalue weighted by atomic mass is 9.95. The van der Waals surface area contributed by atoms with E-state index in [1.54, 1.807) is 6.07 Å². The molecule has 182 valence electrons. The van der Waals surface area contributed by atoms with Gasteiger partial charge in [0, 0.05) is 35.6 Å². The normalized spacial score (nSPS) is 15.9. The Morgan fingerprint density at radius 1 is 0.972 bits per heavy atom. The Labute approximate surface area is 202 Å². The zero-order chi connectivity index (χ0) is 25.6. The molecule has 1 unspecified atom stereocenters. The fraction of sp³-hybridized carbons (Fsp3) is 0.192. The van der Waals surface area contributed by atoms with Crippen LogP contribution in [0.25, 0.3) is 33.3 Å². The van der Waals surface area contributed by atoms with Gasteiger partial charge in [-0.1, -0.05) is 18.2 Å². The van der Waals surface area contributed by atoms with Crippen LogP contribution in [0.1, 0.15) is 17.5 Å². The number of hydrogen-bond acceptors (Lipinski definition) is 5. The number of alkyl halides is 3. The molecule has 0 aliphatic carbocycles. The first-order chi connectivity index (χ1) is 17.2. The Kier molecular flexibility index (Phi) is 5.80. The molecular formula is C26H18F5N5. The Hall–Kier alpha value is -4.10. The zero-order valence-corrected chi connectivity index (χ0v) is 18.7. The highest BCUT2D eigenvalue weighted by Crippen LogP contribution is 2.40. The van der Waals surface area contributed by atoms with E-state index in [-0.39, 0.29) is 22.9 Å². The van der Waals surface area contributed by atoms with E-state index in [9.17, 15) is 22.0 Å². The summed E-state index contributed by atoms with van der Waals surface area (Å²) in [6.07, 6.45) is -4.05. The van der Waals surface area contributed by atoms with Crippen molar-refractivity contribution in [1.82, 2.24) is 9.97 Å². The van der Waals surface area contributed by atoms with E-state index in [0.717, 1.165) is 30.7 Å². The van der Waals surface area contributed by atoms with Gasteiger partial charge in [-0.05, 0) is 48.4 Å². The number of benzene rings is 3. The van der Waals surface area contributed by atoms with Crippen molar-refractivity contribution >= 4 is 16.9 Å². The number of nitrogens with zero attached hydrogens (tertiary/aromatic N) is 4. The molecule has 4 aromatic rings. The maximum absolute atomic E-state index is 14.7. The van der Waals surface area contributed by atoms with Crippen LogP contribution in [-0.2, 0) is 6.18 Å². The Balaban J connectivity index is 1.76. The van der Waals surface area contributed by atoms with Gasteiger partial charge in [-0.3, -0.25) is 0 Å². The highest BCUT2D eigenvalue weighted by atomic mass is 19.4. The second-order valence-corrected chi connectivity index (χ2v) is 8.57. The number of halogens is 5. The van der Waals surface area contributed by atoms with Crippen molar-refractivity contribution in [2.75, 3.05) is 18.0 Å². The topological polar surface area (TPSA) is 78.8 Å². The minimum Gasteiger partial charge on any atom is -0.339 e. The van der Waals surface area contributed by atoms with E-state index < -0.39 is 28.9 Å². The van der Waals surface area contributed by atoms with Crippen LogP contribution < -0.4 is 10.6 Å². The number of rotatable bonds is 3. The summed E-state index contributed by atoms with van der Waals surface area (Å²) in [5.41, 5.74) is 5.04. The number of nitrogens with two attached hydrogens (primary N) is 1. The molecule has 0 bridgehead atoms. The van der Waals surface area contributed by atoms with Crippen LogP contribution in [0.5, 0.6) is 0 Å². The summed E-state index contributed by atoms with van der Waals surface area (Å²) in [7, 11) is 0. The van der Waals surface area contributed by atoms with Crippen LogP contribution in [-0.4, -0.2) is 29.1 Å². The van der Waals surface area contributed by atoms with E-state index in [1.807, 2.05) is 4.90 Å². The zero-order valence-electron chi connectivity index (χ0n) is 18.7. The minimum atomic E-state index is -4.78. The third-order valence-electron chi connectivity index (χ3n) is 6.16. The average molecular weight is 495 g/mol. The second kappa shape index (κ2) is 8.84. The van der Waals surface area contributed by atoms with Gasteiger partial charge in [0.15, 0.2) is 0 Å². The van der Waals surface area contributed by atoms with Crippen LogP contribution in [0.4, 0.5) is 27.9 Å². The molecule has 1 atom stereocenters. The molecule has 2 heterocycles. The second-order valence-electron chi connectivity index (χ2n) is 8.57. The Morgan fingerprint density at radius 3 is 2.42 bits per heavy atom. The fourth-order valence-electron chi connectivity index (χ4n) is 4.41. The lowest BCUT2D eigenvalue weighted by Crippen LogP contribution is -2.27. The summed E-state index contributed by atoms with van der Waals surface area (Å²) < 4.78 is 70.2. The number of nitriles is 1. The number of hydrogen-bond donors (Lipinski definition) is 1. The minimum absolute atomic E-state index is 0.0252.